The molecule has 1 heterocycles. The van der Waals surface area contributed by atoms with Crippen LogP contribution < -0.4 is 37.6 Å². The van der Waals surface area contributed by atoms with E-state index in [0.29, 0.717) is 33.2 Å². The zero-order valence-electron chi connectivity index (χ0n) is 35.8. The number of phenolic OH excluding ortho intramolecular Hbond substituents is 3. The number of aromatic amines is 1. The van der Waals surface area contributed by atoms with Gasteiger partial charge in [-0.15, -0.1) is 0 Å². The van der Waals surface area contributed by atoms with E-state index in [1.54, 1.807) is 30.5 Å². The summed E-state index contributed by atoms with van der Waals surface area (Å²) in [6.45, 7) is -2.30. The van der Waals surface area contributed by atoms with Crippen molar-refractivity contribution in [3.8, 4) is 17.2 Å². The summed E-state index contributed by atoms with van der Waals surface area (Å²) < 4.78 is 0. The van der Waals surface area contributed by atoms with E-state index < -0.39 is 97.4 Å². The minimum absolute atomic E-state index is 0.0761. The lowest BCUT2D eigenvalue weighted by Crippen LogP contribution is -2.60. The second-order valence-electron chi connectivity index (χ2n) is 15.6. The monoisotopic (exact) mass is 924 g/mol. The van der Waals surface area contributed by atoms with Gasteiger partial charge in [0.25, 0.3) is 0 Å². The number of amides is 6. The number of hydrogen-bond donors (Lipinski definition) is 14. The van der Waals surface area contributed by atoms with Gasteiger partial charge in [-0.3, -0.25) is 28.8 Å². The molecule has 6 atom stereocenters. The molecular formula is C46H52N8O13. The Morgan fingerprint density at radius 2 is 0.910 bits per heavy atom. The first-order valence-electron chi connectivity index (χ1n) is 20.9. The molecule has 21 nitrogen and oxygen atoms in total. The molecule has 0 unspecified atom stereocenters. The smallest absolute Gasteiger partial charge is 0.328 e. The zero-order valence-corrected chi connectivity index (χ0v) is 35.8. The van der Waals surface area contributed by atoms with Crippen molar-refractivity contribution in [2.45, 2.75) is 61.9 Å². The van der Waals surface area contributed by atoms with Crippen LogP contribution in [0.1, 0.15) is 22.3 Å². The average molecular weight is 925 g/mol. The van der Waals surface area contributed by atoms with Crippen LogP contribution in [0.3, 0.4) is 0 Å². The Kier molecular flexibility index (Phi) is 17.7. The van der Waals surface area contributed by atoms with E-state index in [0.717, 1.165) is 0 Å². The first-order chi connectivity index (χ1) is 32.0. The predicted molar refractivity (Wildman–Crippen MR) is 240 cm³/mol. The standard InChI is InChI=1S/C46H52N8O13/c47-33(23-55)41(61)49-22-40(60)50-35(17-25-5-11-29(57)12-6-25)42(62)51-36(18-26-7-13-30(58)14-8-26)43(63)52-37(19-27-9-15-31(59)16-10-27)44(64)53-38(45(65)54-39(24-56)46(66)67)20-28-21-48-34-4-2-1-3-32(28)34/h1-16,21,33,35-39,48,55-59H,17-20,22-24,47H2,(H,49,61)(H,50,60)(H,51,62)(H,52,63)(H,53,64)(H,54,65)(H,66,67)/t33-,35-,36-,37-,38-,39-/m0/s1. The molecule has 21 heteroatoms. The predicted octanol–water partition coefficient (Wildman–Crippen LogP) is -1.51. The molecule has 5 rings (SSSR count). The van der Waals surface area contributed by atoms with E-state index in [9.17, 15) is 64.2 Å². The maximum absolute atomic E-state index is 14.5. The highest BCUT2D eigenvalue weighted by molar-refractivity contribution is 5.97. The number of carboxylic acid groups (broad SMARTS) is 1. The molecule has 0 bridgehead atoms. The molecular weight excluding hydrogens is 873 g/mol. The first-order valence-corrected chi connectivity index (χ1v) is 20.9. The van der Waals surface area contributed by atoms with Crippen molar-refractivity contribution < 1.29 is 64.2 Å². The minimum Gasteiger partial charge on any atom is -0.508 e. The Labute approximate surface area is 382 Å². The second kappa shape index (κ2) is 23.8. The van der Waals surface area contributed by atoms with Crippen LogP contribution in [0.4, 0.5) is 0 Å². The third kappa shape index (κ3) is 14.8. The maximum atomic E-state index is 14.5. The summed E-state index contributed by atoms with van der Waals surface area (Å²) in [7, 11) is 0. The number of aromatic nitrogens is 1. The number of rotatable bonds is 23. The van der Waals surface area contributed by atoms with E-state index in [1.165, 1.54) is 72.8 Å². The lowest BCUT2D eigenvalue weighted by atomic mass is 10.00. The SMILES string of the molecule is N[C@@H](CO)C(=O)NCC(=O)N[C@@H](Cc1ccc(O)cc1)C(=O)N[C@@H](Cc1ccc(O)cc1)C(=O)N[C@@H](Cc1ccc(O)cc1)C(=O)N[C@@H](Cc1c[nH]c2ccccc12)C(=O)N[C@@H](CO)C(=O)O. The van der Waals surface area contributed by atoms with Crippen molar-refractivity contribution in [1.82, 2.24) is 36.9 Å². The van der Waals surface area contributed by atoms with Gasteiger partial charge in [-0.1, -0.05) is 54.6 Å². The number of phenols is 3. The molecule has 0 aliphatic rings. The summed E-state index contributed by atoms with van der Waals surface area (Å²) >= 11 is 0. The molecule has 67 heavy (non-hydrogen) atoms. The van der Waals surface area contributed by atoms with Gasteiger partial charge < -0.3 is 73.3 Å². The minimum atomic E-state index is -1.72. The number of nitrogens with one attached hydrogen (secondary N) is 7. The van der Waals surface area contributed by atoms with Crippen molar-refractivity contribution in [2.24, 2.45) is 5.73 Å². The van der Waals surface area contributed by atoms with Crippen LogP contribution in [0.25, 0.3) is 10.9 Å². The number of fused-ring (bicyclic) bond motifs is 1. The zero-order chi connectivity index (χ0) is 48.6. The Balaban J connectivity index is 1.46. The van der Waals surface area contributed by atoms with Gasteiger partial charge in [0.2, 0.25) is 35.4 Å². The molecule has 0 radical (unpaired) electrons. The van der Waals surface area contributed by atoms with Crippen molar-refractivity contribution in [3.63, 3.8) is 0 Å². The molecule has 0 aliphatic heterocycles. The lowest BCUT2D eigenvalue weighted by Gasteiger charge is -2.27. The summed E-state index contributed by atoms with van der Waals surface area (Å²) in [5.74, 6) is -7.20. The summed E-state index contributed by atoms with van der Waals surface area (Å²) in [6.07, 6.45) is 0.790. The van der Waals surface area contributed by atoms with Crippen LogP contribution >= 0.6 is 0 Å². The van der Waals surface area contributed by atoms with Gasteiger partial charge in [-0.2, -0.15) is 0 Å². The van der Waals surface area contributed by atoms with Crippen molar-refractivity contribution in [3.05, 3.63) is 126 Å². The Morgan fingerprint density at radius 3 is 1.33 bits per heavy atom. The highest BCUT2D eigenvalue weighted by atomic mass is 16.4. The fraction of sp³-hybridized carbons (Fsp3) is 0.283. The number of H-pyrrole nitrogens is 1. The van der Waals surface area contributed by atoms with Crippen LogP contribution in [-0.2, 0) is 59.2 Å². The molecule has 0 saturated heterocycles. The number of hydrogen-bond acceptors (Lipinski definition) is 13. The number of carbonyl (C=O) groups excluding carboxylic acids is 6. The molecule has 354 valence electrons. The highest BCUT2D eigenvalue weighted by Crippen LogP contribution is 2.20. The molecule has 0 saturated carbocycles. The average Bonchev–Trinajstić information content (AvgIpc) is 3.72. The fourth-order valence-corrected chi connectivity index (χ4v) is 6.86. The van der Waals surface area contributed by atoms with E-state index in [4.69, 9.17) is 5.73 Å². The van der Waals surface area contributed by atoms with Gasteiger partial charge in [0, 0.05) is 42.8 Å². The molecule has 0 fully saturated rings. The molecule has 1 aromatic heterocycles. The lowest BCUT2D eigenvalue weighted by molar-refractivity contribution is -0.143. The largest absolute Gasteiger partial charge is 0.508 e. The summed E-state index contributed by atoms with van der Waals surface area (Å²) in [5.41, 5.74) is 8.14. The van der Waals surface area contributed by atoms with E-state index in [-0.39, 0.29) is 42.9 Å². The van der Waals surface area contributed by atoms with Gasteiger partial charge in [-0.25, -0.2) is 4.79 Å². The topological polar surface area (TPSA) is 355 Å². The van der Waals surface area contributed by atoms with Crippen LogP contribution in [0.15, 0.2) is 103 Å². The molecule has 0 spiro atoms. The molecule has 0 aliphatic carbocycles. The van der Waals surface area contributed by atoms with Crippen molar-refractivity contribution in [2.75, 3.05) is 19.8 Å². The van der Waals surface area contributed by atoms with Crippen LogP contribution in [0.5, 0.6) is 17.2 Å². The van der Waals surface area contributed by atoms with Crippen molar-refractivity contribution >= 4 is 52.3 Å². The van der Waals surface area contributed by atoms with Crippen LogP contribution in [0, 0.1) is 0 Å². The first kappa shape index (κ1) is 50.0. The number of aliphatic hydroxyl groups is 2. The number of aliphatic carboxylic acids is 1. The second-order valence-corrected chi connectivity index (χ2v) is 15.6. The van der Waals surface area contributed by atoms with E-state index in [1.807, 2.05) is 0 Å². The quantitative estimate of drug-likeness (QED) is 0.0355. The highest BCUT2D eigenvalue weighted by Gasteiger charge is 2.33. The molecule has 4 aromatic carbocycles. The van der Waals surface area contributed by atoms with Gasteiger partial charge in [0.05, 0.1) is 19.8 Å². The van der Waals surface area contributed by atoms with Crippen molar-refractivity contribution in [1.29, 1.82) is 0 Å². The fourth-order valence-electron chi connectivity index (χ4n) is 6.86. The maximum Gasteiger partial charge on any atom is 0.328 e. The number of nitrogens with two attached hydrogens (primary N) is 1. The summed E-state index contributed by atoms with van der Waals surface area (Å²) in [6, 6.07) is 15.2. The Hall–Kier alpha value is -8.01. The number of aromatic hydroxyl groups is 3. The number of benzene rings is 4. The number of aliphatic hydroxyl groups excluding tert-OH is 2. The Morgan fingerprint density at radius 1 is 0.507 bits per heavy atom. The van der Waals surface area contributed by atoms with Crippen LogP contribution in [0.2, 0.25) is 0 Å². The van der Waals surface area contributed by atoms with Gasteiger partial charge in [0.1, 0.15) is 53.5 Å². The molecule has 6 amide bonds. The van der Waals surface area contributed by atoms with Gasteiger partial charge in [0.15, 0.2) is 0 Å². The summed E-state index contributed by atoms with van der Waals surface area (Å²) in [5, 5.41) is 73.9. The van der Waals surface area contributed by atoms with E-state index >= 15 is 0 Å². The Bertz CT molecular complexity index is 2520. The number of carbonyl (C=O) groups is 7. The molecule has 5 aromatic rings. The third-order valence-electron chi connectivity index (χ3n) is 10.5. The molecule has 15 N–H and O–H groups in total. The van der Waals surface area contributed by atoms with E-state index in [2.05, 4.69) is 36.9 Å². The number of carboxylic acids is 1. The summed E-state index contributed by atoms with van der Waals surface area (Å²) in [4.78, 5) is 97.1. The van der Waals surface area contributed by atoms with Crippen LogP contribution in [-0.4, -0.2) is 133 Å². The van der Waals surface area contributed by atoms with Gasteiger partial charge >= 0.3 is 5.97 Å². The number of para-hydroxylation sites is 1. The van der Waals surface area contributed by atoms with Gasteiger partial charge in [-0.05, 0) is 64.7 Å². The normalized spacial score (nSPS) is 13.7. The third-order valence-corrected chi connectivity index (χ3v) is 10.5.